The molecule has 0 unspecified atom stereocenters. The number of halogens is 2. The van der Waals surface area contributed by atoms with Gasteiger partial charge in [0.05, 0.1) is 22.8 Å². The Morgan fingerprint density at radius 1 is 1.22 bits per heavy atom. The summed E-state index contributed by atoms with van der Waals surface area (Å²) in [7, 11) is 0. The zero-order chi connectivity index (χ0) is 23.0. The molecule has 1 aliphatic heterocycles. The standard InChI is InChI=1S/C22H22F2N4O3S/c1-12-10-28(22(30)27(12)11-15-7-16(23)9-17(24)8-15)21-25-14(3)20(32-21)19(29)5-4-18-6-13(2)31-26-18/h6-9,12H,4-5,10-11H2,1-3H3/t12-/m1/s1. The summed E-state index contributed by atoms with van der Waals surface area (Å²) in [5.41, 5.74) is 1.66. The number of carbonyl (C=O) groups excluding carboxylic acids is 2. The average molecular weight is 461 g/mol. The SMILES string of the molecule is Cc1cc(CCC(=O)c2sc(N3C[C@@H](C)N(Cc4cc(F)cc(F)c4)C3=O)nc2C)no1. The molecule has 0 aliphatic carbocycles. The summed E-state index contributed by atoms with van der Waals surface area (Å²) in [5.74, 6) is -0.749. The van der Waals surface area contributed by atoms with E-state index in [1.807, 2.05) is 6.92 Å². The zero-order valence-electron chi connectivity index (χ0n) is 17.9. The Bertz CT molecular complexity index is 1160. The summed E-state index contributed by atoms with van der Waals surface area (Å²) in [6.45, 7) is 5.85. The number of ketones is 1. The second-order valence-corrected chi connectivity index (χ2v) is 8.89. The highest BCUT2D eigenvalue weighted by atomic mass is 32.1. The molecule has 168 valence electrons. The van der Waals surface area contributed by atoms with Crippen LogP contribution in [-0.2, 0) is 13.0 Å². The zero-order valence-corrected chi connectivity index (χ0v) is 18.7. The van der Waals surface area contributed by atoms with Gasteiger partial charge in [0.2, 0.25) is 0 Å². The Morgan fingerprint density at radius 3 is 2.59 bits per heavy atom. The van der Waals surface area contributed by atoms with Crippen LogP contribution in [0.25, 0.3) is 0 Å². The summed E-state index contributed by atoms with van der Waals surface area (Å²) in [6, 6.07) is 4.52. The van der Waals surface area contributed by atoms with E-state index in [2.05, 4.69) is 10.1 Å². The van der Waals surface area contributed by atoms with Crippen LogP contribution >= 0.6 is 11.3 Å². The van der Waals surface area contributed by atoms with Crippen molar-refractivity contribution in [2.24, 2.45) is 0 Å². The molecule has 2 amide bonds. The minimum atomic E-state index is -0.685. The first-order valence-corrected chi connectivity index (χ1v) is 11.0. The van der Waals surface area contributed by atoms with Crippen molar-refractivity contribution in [1.29, 1.82) is 0 Å². The number of aryl methyl sites for hydroxylation is 3. The van der Waals surface area contributed by atoms with Crippen molar-refractivity contribution in [3.05, 3.63) is 63.5 Å². The summed E-state index contributed by atoms with van der Waals surface area (Å²) in [6.07, 6.45) is 0.719. The summed E-state index contributed by atoms with van der Waals surface area (Å²) >= 11 is 1.18. The third-order valence-electron chi connectivity index (χ3n) is 5.29. The molecule has 0 bridgehead atoms. The van der Waals surface area contributed by atoms with Crippen molar-refractivity contribution in [1.82, 2.24) is 15.0 Å². The summed E-state index contributed by atoms with van der Waals surface area (Å²) in [5, 5.41) is 4.34. The predicted octanol–water partition coefficient (Wildman–Crippen LogP) is 4.67. The van der Waals surface area contributed by atoms with Crippen molar-refractivity contribution in [2.45, 2.75) is 46.2 Å². The highest BCUT2D eigenvalue weighted by Crippen LogP contribution is 2.32. The molecule has 1 atom stereocenters. The number of urea groups is 1. The molecular weight excluding hydrogens is 438 g/mol. The fourth-order valence-electron chi connectivity index (χ4n) is 3.71. The van der Waals surface area contributed by atoms with Gasteiger partial charge in [-0.2, -0.15) is 0 Å². The van der Waals surface area contributed by atoms with Crippen LogP contribution in [-0.4, -0.2) is 39.4 Å². The van der Waals surface area contributed by atoms with Gasteiger partial charge < -0.3 is 9.42 Å². The number of amides is 2. The van der Waals surface area contributed by atoms with Crippen LogP contribution in [0.1, 0.15) is 45.7 Å². The minimum absolute atomic E-state index is 0.0707. The van der Waals surface area contributed by atoms with E-state index in [9.17, 15) is 18.4 Å². The van der Waals surface area contributed by atoms with Gasteiger partial charge in [0.1, 0.15) is 17.4 Å². The molecular formula is C22H22F2N4O3S. The van der Waals surface area contributed by atoms with Crippen molar-refractivity contribution in [2.75, 3.05) is 11.4 Å². The maximum absolute atomic E-state index is 13.5. The van der Waals surface area contributed by atoms with Crippen LogP contribution in [0.5, 0.6) is 0 Å². The molecule has 7 nitrogen and oxygen atoms in total. The highest BCUT2D eigenvalue weighted by Gasteiger charge is 2.37. The normalized spacial score (nSPS) is 16.3. The molecule has 0 saturated carbocycles. The van der Waals surface area contributed by atoms with Gasteiger partial charge >= 0.3 is 6.03 Å². The molecule has 3 heterocycles. The van der Waals surface area contributed by atoms with Crippen LogP contribution in [0.15, 0.2) is 28.8 Å². The van der Waals surface area contributed by atoms with E-state index >= 15 is 0 Å². The smallest absolute Gasteiger partial charge is 0.326 e. The number of rotatable bonds is 7. The lowest BCUT2D eigenvalue weighted by atomic mass is 10.1. The van der Waals surface area contributed by atoms with E-state index in [0.29, 0.717) is 45.7 Å². The molecule has 1 aliphatic rings. The quantitative estimate of drug-likeness (QED) is 0.479. The lowest BCUT2D eigenvalue weighted by Crippen LogP contribution is -2.33. The third-order valence-corrected chi connectivity index (χ3v) is 6.51. The van der Waals surface area contributed by atoms with E-state index in [4.69, 9.17) is 4.52 Å². The third kappa shape index (κ3) is 4.55. The summed E-state index contributed by atoms with van der Waals surface area (Å²) < 4.78 is 32.1. The number of thiazole rings is 1. The van der Waals surface area contributed by atoms with Crippen LogP contribution in [0, 0.1) is 25.5 Å². The number of nitrogens with zero attached hydrogens (tertiary/aromatic N) is 4. The van der Waals surface area contributed by atoms with Gasteiger partial charge in [-0.1, -0.05) is 16.5 Å². The monoisotopic (exact) mass is 460 g/mol. The fraction of sp³-hybridized carbons (Fsp3) is 0.364. The number of anilines is 1. The molecule has 32 heavy (non-hydrogen) atoms. The summed E-state index contributed by atoms with van der Waals surface area (Å²) in [4.78, 5) is 33.7. The molecule has 4 rings (SSSR count). The van der Waals surface area contributed by atoms with Gasteiger partial charge in [-0.3, -0.25) is 9.69 Å². The Hall–Kier alpha value is -3.14. The molecule has 10 heteroatoms. The lowest BCUT2D eigenvalue weighted by molar-refractivity contribution is 0.0985. The molecule has 2 aromatic heterocycles. The van der Waals surface area contributed by atoms with Crippen molar-refractivity contribution in [3.8, 4) is 0 Å². The number of Topliss-reactive ketones (excluding diaryl/α,β-unsaturated/α-hetero) is 1. The van der Waals surface area contributed by atoms with Crippen molar-refractivity contribution >= 4 is 28.3 Å². The number of hydrogen-bond donors (Lipinski definition) is 0. The van der Waals surface area contributed by atoms with E-state index in [1.165, 1.54) is 28.4 Å². The second-order valence-electron chi connectivity index (χ2n) is 7.91. The Labute approximate surface area is 187 Å². The Balaban J connectivity index is 1.46. The highest BCUT2D eigenvalue weighted by molar-refractivity contribution is 7.17. The maximum atomic E-state index is 13.5. The van der Waals surface area contributed by atoms with Gasteiger partial charge in [-0.15, -0.1) is 0 Å². The molecule has 3 aromatic rings. The Morgan fingerprint density at radius 2 is 1.94 bits per heavy atom. The van der Waals surface area contributed by atoms with Crippen molar-refractivity contribution in [3.63, 3.8) is 0 Å². The first kappa shape index (κ1) is 22.1. The molecule has 1 aromatic carbocycles. The maximum Gasteiger partial charge on any atom is 0.326 e. The Kier molecular flexibility index (Phi) is 6.05. The van der Waals surface area contributed by atoms with Crippen LogP contribution in [0.2, 0.25) is 0 Å². The fourth-order valence-corrected chi connectivity index (χ4v) is 4.75. The first-order chi connectivity index (χ1) is 15.2. The average Bonchev–Trinajstić information content (AvgIpc) is 3.39. The van der Waals surface area contributed by atoms with Gasteiger partial charge in [-0.25, -0.2) is 18.6 Å². The molecule has 1 saturated heterocycles. The second kappa shape index (κ2) is 8.78. The lowest BCUT2D eigenvalue weighted by Gasteiger charge is -2.20. The molecule has 0 spiro atoms. The number of benzene rings is 1. The van der Waals surface area contributed by atoms with Gasteiger partial charge in [0, 0.05) is 37.6 Å². The molecule has 0 radical (unpaired) electrons. The van der Waals surface area contributed by atoms with E-state index in [0.717, 1.165) is 6.07 Å². The van der Waals surface area contributed by atoms with Gasteiger partial charge in [-0.05, 0) is 38.5 Å². The van der Waals surface area contributed by atoms with E-state index in [1.54, 1.807) is 24.8 Å². The van der Waals surface area contributed by atoms with Gasteiger partial charge in [0.25, 0.3) is 0 Å². The van der Waals surface area contributed by atoms with E-state index < -0.39 is 11.6 Å². The van der Waals surface area contributed by atoms with Crippen LogP contribution in [0.4, 0.5) is 18.7 Å². The van der Waals surface area contributed by atoms with Crippen molar-refractivity contribution < 1.29 is 22.9 Å². The molecule has 1 fully saturated rings. The van der Waals surface area contributed by atoms with Crippen LogP contribution in [0.3, 0.4) is 0 Å². The molecule has 0 N–H and O–H groups in total. The largest absolute Gasteiger partial charge is 0.361 e. The van der Waals surface area contributed by atoms with E-state index in [-0.39, 0.29) is 30.8 Å². The topological polar surface area (TPSA) is 79.5 Å². The number of hydrogen-bond acceptors (Lipinski definition) is 6. The number of aromatic nitrogens is 2. The number of carbonyl (C=O) groups is 2. The first-order valence-electron chi connectivity index (χ1n) is 10.2. The van der Waals surface area contributed by atoms with Crippen LogP contribution < -0.4 is 4.90 Å². The predicted molar refractivity (Wildman–Crippen MR) is 115 cm³/mol. The minimum Gasteiger partial charge on any atom is -0.361 e. The van der Waals surface area contributed by atoms with Gasteiger partial charge in [0.15, 0.2) is 10.9 Å².